The molecule has 0 aromatic rings. The number of hydrogen-bond donors (Lipinski definition) is 0. The molecule has 0 bridgehead atoms. The largest absolute Gasteiger partial charge is 0.300 e. The van der Waals surface area contributed by atoms with E-state index in [2.05, 4.69) is 20.8 Å². The summed E-state index contributed by atoms with van der Waals surface area (Å²) < 4.78 is 0. The Hall–Kier alpha value is -0.330. The fraction of sp³-hybridized carbons (Fsp3) is 0.889. The average Bonchev–Trinajstić information content (AvgIpc) is 1.82. The van der Waals surface area contributed by atoms with Gasteiger partial charge < -0.3 is 0 Å². The molecule has 0 aliphatic heterocycles. The Labute approximate surface area is 62.8 Å². The van der Waals surface area contributed by atoms with Gasteiger partial charge in [-0.3, -0.25) is 4.79 Å². The van der Waals surface area contributed by atoms with Crippen LogP contribution in [0, 0.1) is 17.3 Å². The Morgan fingerprint density at radius 3 is 2.10 bits per heavy atom. The second-order valence-electron chi connectivity index (χ2n) is 4.12. The highest BCUT2D eigenvalue weighted by molar-refractivity contribution is 5.80. The van der Waals surface area contributed by atoms with Gasteiger partial charge in [-0.25, -0.2) is 0 Å². The molecule has 1 rings (SSSR count). The predicted octanol–water partition coefficient (Wildman–Crippen LogP) is 2.26. The molecule has 0 N–H and O–H groups in total. The van der Waals surface area contributed by atoms with Gasteiger partial charge in [-0.1, -0.05) is 20.8 Å². The highest BCUT2D eigenvalue weighted by Gasteiger charge is 2.47. The number of carbonyl (C=O) groups excluding carboxylic acids is 1. The van der Waals surface area contributed by atoms with Crippen LogP contribution >= 0.6 is 0 Å². The van der Waals surface area contributed by atoms with Gasteiger partial charge in [0, 0.05) is 5.92 Å². The van der Waals surface area contributed by atoms with Crippen LogP contribution in [0.15, 0.2) is 0 Å². The van der Waals surface area contributed by atoms with E-state index in [0.717, 1.165) is 12.3 Å². The number of rotatable bonds is 1. The van der Waals surface area contributed by atoms with Gasteiger partial charge in [0.15, 0.2) is 0 Å². The van der Waals surface area contributed by atoms with Crippen molar-refractivity contribution in [2.75, 3.05) is 0 Å². The first-order chi connectivity index (χ1) is 4.46. The van der Waals surface area contributed by atoms with E-state index in [1.165, 1.54) is 0 Å². The van der Waals surface area contributed by atoms with Crippen molar-refractivity contribution in [3.8, 4) is 0 Å². The third-order valence-corrected chi connectivity index (χ3v) is 3.25. The van der Waals surface area contributed by atoms with E-state index in [1.54, 1.807) is 6.92 Å². The lowest BCUT2D eigenvalue weighted by Crippen LogP contribution is -2.46. The van der Waals surface area contributed by atoms with Crippen LogP contribution in [0.2, 0.25) is 0 Å². The van der Waals surface area contributed by atoms with Crippen molar-refractivity contribution in [1.29, 1.82) is 0 Å². The molecule has 0 heterocycles. The first kappa shape index (κ1) is 7.77. The molecule has 10 heavy (non-hydrogen) atoms. The van der Waals surface area contributed by atoms with Gasteiger partial charge in [-0.2, -0.15) is 0 Å². The lowest BCUT2D eigenvalue weighted by molar-refractivity contribution is -0.134. The monoisotopic (exact) mass is 140 g/mol. The first-order valence-corrected chi connectivity index (χ1v) is 3.96. The molecule has 1 nitrogen and oxygen atoms in total. The lowest BCUT2D eigenvalue weighted by atomic mass is 9.54. The summed E-state index contributed by atoms with van der Waals surface area (Å²) in [5.41, 5.74) is 0.270. The zero-order valence-corrected chi connectivity index (χ0v) is 7.27. The maximum absolute atomic E-state index is 11.0. The van der Waals surface area contributed by atoms with E-state index in [4.69, 9.17) is 0 Å². The van der Waals surface area contributed by atoms with Gasteiger partial charge in [0.1, 0.15) is 5.78 Å². The molecule has 1 aliphatic rings. The standard InChI is InChI=1S/C9H16O/c1-6-5-8(7(2)10)9(6,3)4/h6,8H,5H2,1-4H3/t6-,8+/m0/s1. The zero-order valence-electron chi connectivity index (χ0n) is 7.27. The van der Waals surface area contributed by atoms with Crippen LogP contribution in [-0.4, -0.2) is 5.78 Å². The second kappa shape index (κ2) is 2.08. The highest BCUT2D eigenvalue weighted by Crippen LogP contribution is 2.51. The van der Waals surface area contributed by atoms with Crippen LogP contribution in [-0.2, 0) is 4.79 Å². The van der Waals surface area contributed by atoms with Crippen LogP contribution in [0.5, 0.6) is 0 Å². The van der Waals surface area contributed by atoms with E-state index in [-0.39, 0.29) is 5.41 Å². The Morgan fingerprint density at radius 1 is 1.50 bits per heavy atom. The van der Waals surface area contributed by atoms with Crippen molar-refractivity contribution >= 4 is 5.78 Å². The van der Waals surface area contributed by atoms with Gasteiger partial charge in [-0.05, 0) is 24.7 Å². The molecule has 2 atom stereocenters. The Morgan fingerprint density at radius 2 is 2.00 bits per heavy atom. The van der Waals surface area contributed by atoms with Crippen molar-refractivity contribution < 1.29 is 4.79 Å². The fourth-order valence-corrected chi connectivity index (χ4v) is 1.83. The summed E-state index contributed by atoms with van der Waals surface area (Å²) >= 11 is 0. The molecule has 0 saturated heterocycles. The van der Waals surface area contributed by atoms with E-state index < -0.39 is 0 Å². The minimum Gasteiger partial charge on any atom is -0.300 e. The average molecular weight is 140 g/mol. The number of ketones is 1. The van der Waals surface area contributed by atoms with Crippen molar-refractivity contribution in [3.05, 3.63) is 0 Å². The smallest absolute Gasteiger partial charge is 0.133 e. The summed E-state index contributed by atoms with van der Waals surface area (Å²) in [6.45, 7) is 8.30. The van der Waals surface area contributed by atoms with E-state index in [9.17, 15) is 4.79 Å². The summed E-state index contributed by atoms with van der Waals surface area (Å²) in [6, 6.07) is 0. The predicted molar refractivity (Wildman–Crippen MR) is 41.7 cm³/mol. The Bertz CT molecular complexity index is 158. The molecular weight excluding hydrogens is 124 g/mol. The molecule has 0 radical (unpaired) electrons. The van der Waals surface area contributed by atoms with Crippen molar-refractivity contribution in [1.82, 2.24) is 0 Å². The molecule has 0 spiro atoms. The van der Waals surface area contributed by atoms with Gasteiger partial charge in [0.25, 0.3) is 0 Å². The molecule has 0 aromatic carbocycles. The second-order valence-corrected chi connectivity index (χ2v) is 4.12. The minimum absolute atomic E-state index is 0.270. The molecule has 0 amide bonds. The quantitative estimate of drug-likeness (QED) is 0.546. The third-order valence-electron chi connectivity index (χ3n) is 3.25. The first-order valence-electron chi connectivity index (χ1n) is 3.96. The van der Waals surface area contributed by atoms with Crippen molar-refractivity contribution in [2.45, 2.75) is 34.1 Å². The Kier molecular flexibility index (Phi) is 1.61. The molecule has 0 unspecified atom stereocenters. The van der Waals surface area contributed by atoms with Gasteiger partial charge >= 0.3 is 0 Å². The number of carbonyl (C=O) groups is 1. The van der Waals surface area contributed by atoms with Crippen LogP contribution in [0.1, 0.15) is 34.1 Å². The summed E-state index contributed by atoms with van der Waals surface area (Å²) in [4.78, 5) is 11.0. The minimum atomic E-state index is 0.270. The number of Topliss-reactive ketones (excluding diaryl/α,β-unsaturated/α-hetero) is 1. The zero-order chi connectivity index (χ0) is 7.94. The maximum atomic E-state index is 11.0. The van der Waals surface area contributed by atoms with Crippen LogP contribution in [0.3, 0.4) is 0 Å². The van der Waals surface area contributed by atoms with E-state index >= 15 is 0 Å². The molecule has 1 saturated carbocycles. The fourth-order valence-electron chi connectivity index (χ4n) is 1.83. The van der Waals surface area contributed by atoms with Crippen molar-refractivity contribution in [2.24, 2.45) is 17.3 Å². The van der Waals surface area contributed by atoms with E-state index in [0.29, 0.717) is 11.7 Å². The molecule has 58 valence electrons. The summed E-state index contributed by atoms with van der Waals surface area (Å²) in [6.07, 6.45) is 1.10. The van der Waals surface area contributed by atoms with Crippen LogP contribution in [0.4, 0.5) is 0 Å². The highest BCUT2D eigenvalue weighted by atomic mass is 16.1. The van der Waals surface area contributed by atoms with Gasteiger partial charge in [0.05, 0.1) is 0 Å². The molecule has 1 heteroatoms. The third kappa shape index (κ3) is 0.882. The summed E-state index contributed by atoms with van der Waals surface area (Å²) in [7, 11) is 0. The van der Waals surface area contributed by atoms with E-state index in [1.807, 2.05) is 0 Å². The molecular formula is C9H16O. The molecule has 0 aromatic heterocycles. The van der Waals surface area contributed by atoms with Gasteiger partial charge in [-0.15, -0.1) is 0 Å². The number of hydrogen-bond acceptors (Lipinski definition) is 1. The van der Waals surface area contributed by atoms with Crippen molar-refractivity contribution in [3.63, 3.8) is 0 Å². The normalized spacial score (nSPS) is 36.8. The van der Waals surface area contributed by atoms with Crippen LogP contribution < -0.4 is 0 Å². The summed E-state index contributed by atoms with van der Waals surface area (Å²) in [5, 5.41) is 0. The summed E-state index contributed by atoms with van der Waals surface area (Å²) in [5.74, 6) is 1.42. The maximum Gasteiger partial charge on any atom is 0.133 e. The van der Waals surface area contributed by atoms with Gasteiger partial charge in [0.2, 0.25) is 0 Å². The lowest BCUT2D eigenvalue weighted by Gasteiger charge is -2.49. The molecule has 1 fully saturated rings. The topological polar surface area (TPSA) is 17.1 Å². The Balaban J connectivity index is 2.63. The van der Waals surface area contributed by atoms with Crippen LogP contribution in [0.25, 0.3) is 0 Å². The SMILES string of the molecule is CC(=O)[C@H]1C[C@H](C)C1(C)C. The molecule has 1 aliphatic carbocycles.